The van der Waals surface area contributed by atoms with E-state index in [-0.39, 0.29) is 23.4 Å². The minimum absolute atomic E-state index is 0.116. The molecule has 0 aromatic heterocycles. The lowest BCUT2D eigenvalue weighted by Crippen LogP contribution is -2.32. The molecule has 2 atom stereocenters. The second kappa shape index (κ2) is 5.79. The van der Waals surface area contributed by atoms with Gasteiger partial charge in [-0.15, -0.1) is 0 Å². The highest BCUT2D eigenvalue weighted by atomic mass is 79.9. The van der Waals surface area contributed by atoms with Crippen molar-refractivity contribution in [1.29, 1.82) is 0 Å². The van der Waals surface area contributed by atoms with E-state index >= 15 is 0 Å². The van der Waals surface area contributed by atoms with Crippen LogP contribution in [0, 0.1) is 0 Å². The van der Waals surface area contributed by atoms with Gasteiger partial charge in [-0.3, -0.25) is 0 Å². The zero-order valence-corrected chi connectivity index (χ0v) is 12.2. The van der Waals surface area contributed by atoms with E-state index in [2.05, 4.69) is 21.2 Å². The van der Waals surface area contributed by atoms with Gasteiger partial charge in [0.1, 0.15) is 0 Å². The van der Waals surface area contributed by atoms with E-state index in [1.54, 1.807) is 12.1 Å². The Bertz CT molecular complexity index is 493. The quantitative estimate of drug-likeness (QED) is 0.743. The van der Waals surface area contributed by atoms with Gasteiger partial charge >= 0.3 is 5.97 Å². The van der Waals surface area contributed by atoms with E-state index in [1.165, 1.54) is 0 Å². The van der Waals surface area contributed by atoms with Crippen LogP contribution in [0.4, 0.5) is 11.4 Å². The molecule has 0 bridgehead atoms. The molecule has 1 heterocycles. The maximum atomic E-state index is 11.1. The summed E-state index contributed by atoms with van der Waals surface area (Å²) in [5.74, 6) is -1.02. The predicted molar refractivity (Wildman–Crippen MR) is 77.6 cm³/mol. The molecule has 0 saturated carbocycles. The summed E-state index contributed by atoms with van der Waals surface area (Å²) in [6.07, 6.45) is 2.03. The largest absolute Gasteiger partial charge is 0.478 e. The molecule has 6 heteroatoms. The molecular weight excluding hydrogens is 312 g/mol. The van der Waals surface area contributed by atoms with Gasteiger partial charge in [0.15, 0.2) is 0 Å². The summed E-state index contributed by atoms with van der Waals surface area (Å²) in [6.45, 7) is 2.76. The molecular formula is C13H17BrN2O3. The third-order valence-electron chi connectivity index (χ3n) is 3.21. The molecule has 1 aromatic carbocycles. The van der Waals surface area contributed by atoms with Crippen LogP contribution in [0.15, 0.2) is 16.6 Å². The fraction of sp³-hybridized carbons (Fsp3) is 0.462. The Morgan fingerprint density at radius 1 is 1.58 bits per heavy atom. The highest BCUT2D eigenvalue weighted by molar-refractivity contribution is 9.10. The van der Waals surface area contributed by atoms with E-state index in [4.69, 9.17) is 15.6 Å². The molecule has 1 aromatic rings. The Balaban J connectivity index is 2.19. The van der Waals surface area contributed by atoms with Crippen molar-refractivity contribution in [3.8, 4) is 0 Å². The van der Waals surface area contributed by atoms with E-state index in [1.807, 2.05) is 6.92 Å². The number of benzene rings is 1. The summed E-state index contributed by atoms with van der Waals surface area (Å²) in [6, 6.07) is 3.47. The first-order valence-corrected chi connectivity index (χ1v) is 6.97. The highest BCUT2D eigenvalue weighted by Gasteiger charge is 2.20. The number of aromatic carboxylic acids is 1. The molecule has 4 N–H and O–H groups in total. The van der Waals surface area contributed by atoms with Crippen molar-refractivity contribution in [2.75, 3.05) is 17.7 Å². The number of ether oxygens (including phenoxy) is 1. The van der Waals surface area contributed by atoms with E-state index in [0.29, 0.717) is 0 Å². The van der Waals surface area contributed by atoms with Gasteiger partial charge in [-0.1, -0.05) is 0 Å². The van der Waals surface area contributed by atoms with Gasteiger partial charge in [0.05, 0.1) is 11.7 Å². The minimum Gasteiger partial charge on any atom is -0.478 e. The number of anilines is 2. The Kier molecular flexibility index (Phi) is 4.31. The highest BCUT2D eigenvalue weighted by Crippen LogP contribution is 2.30. The standard InChI is InChI=1S/C13H17BrN2O3/c1-7-4-8(2-3-19-7)16-12-5-9(13(17)18)11(15)6-10(12)14/h5-8,16H,2-4,15H2,1H3,(H,17,18). The van der Waals surface area contributed by atoms with Crippen molar-refractivity contribution >= 4 is 33.3 Å². The van der Waals surface area contributed by atoms with Gasteiger partial charge in [0.25, 0.3) is 0 Å². The summed E-state index contributed by atoms with van der Waals surface area (Å²) >= 11 is 3.41. The van der Waals surface area contributed by atoms with Gasteiger partial charge in [0, 0.05) is 28.5 Å². The number of hydrogen-bond donors (Lipinski definition) is 3. The van der Waals surface area contributed by atoms with Crippen LogP contribution in [0.2, 0.25) is 0 Å². The fourth-order valence-electron chi connectivity index (χ4n) is 2.23. The number of carboxylic acid groups (broad SMARTS) is 1. The maximum absolute atomic E-state index is 11.1. The smallest absolute Gasteiger partial charge is 0.337 e. The number of nitrogens with two attached hydrogens (primary N) is 1. The Hall–Kier alpha value is -1.27. The predicted octanol–water partition coefficient (Wildman–Crippen LogP) is 2.71. The zero-order chi connectivity index (χ0) is 14.0. The SMILES string of the molecule is CC1CC(Nc2cc(C(=O)O)c(N)cc2Br)CCO1. The van der Waals surface area contributed by atoms with Crippen LogP contribution in [0.25, 0.3) is 0 Å². The van der Waals surface area contributed by atoms with Crippen molar-refractivity contribution in [1.82, 2.24) is 0 Å². The molecule has 1 saturated heterocycles. The first-order valence-electron chi connectivity index (χ1n) is 6.18. The van der Waals surface area contributed by atoms with Crippen molar-refractivity contribution in [2.24, 2.45) is 0 Å². The molecule has 2 rings (SSSR count). The van der Waals surface area contributed by atoms with E-state index in [0.717, 1.165) is 29.6 Å². The second-order valence-electron chi connectivity index (χ2n) is 4.77. The lowest BCUT2D eigenvalue weighted by molar-refractivity contribution is 0.0232. The van der Waals surface area contributed by atoms with Crippen LogP contribution in [0.3, 0.4) is 0 Å². The molecule has 0 aliphatic carbocycles. The molecule has 5 nitrogen and oxygen atoms in total. The molecule has 0 radical (unpaired) electrons. The van der Waals surface area contributed by atoms with Crippen LogP contribution in [0.1, 0.15) is 30.1 Å². The molecule has 19 heavy (non-hydrogen) atoms. The molecule has 104 valence electrons. The zero-order valence-electron chi connectivity index (χ0n) is 10.6. The van der Waals surface area contributed by atoms with Crippen molar-refractivity contribution in [2.45, 2.75) is 31.9 Å². The Morgan fingerprint density at radius 2 is 2.32 bits per heavy atom. The summed E-state index contributed by atoms with van der Waals surface area (Å²) in [5, 5.41) is 12.4. The first kappa shape index (κ1) is 14.1. The van der Waals surface area contributed by atoms with Crippen molar-refractivity contribution in [3.05, 3.63) is 22.2 Å². The Labute approximate surface area is 120 Å². The summed E-state index contributed by atoms with van der Waals surface area (Å²) < 4.78 is 6.26. The number of hydrogen-bond acceptors (Lipinski definition) is 4. The molecule has 1 aliphatic heterocycles. The minimum atomic E-state index is -1.02. The van der Waals surface area contributed by atoms with Crippen LogP contribution >= 0.6 is 15.9 Å². The number of nitrogen functional groups attached to an aromatic ring is 1. The van der Waals surface area contributed by atoms with Crippen LogP contribution in [-0.4, -0.2) is 29.8 Å². The maximum Gasteiger partial charge on any atom is 0.337 e. The monoisotopic (exact) mass is 328 g/mol. The third kappa shape index (κ3) is 3.39. The lowest BCUT2D eigenvalue weighted by Gasteiger charge is -2.29. The normalized spacial score (nSPS) is 23.1. The fourth-order valence-corrected chi connectivity index (χ4v) is 2.71. The number of carboxylic acids is 1. The van der Waals surface area contributed by atoms with E-state index < -0.39 is 5.97 Å². The summed E-state index contributed by atoms with van der Waals surface area (Å²) in [7, 11) is 0. The van der Waals surface area contributed by atoms with Gasteiger partial charge in [-0.05, 0) is 47.8 Å². The second-order valence-corrected chi connectivity index (χ2v) is 5.63. The average molecular weight is 329 g/mol. The number of nitrogens with one attached hydrogen (secondary N) is 1. The number of rotatable bonds is 3. The molecule has 0 spiro atoms. The van der Waals surface area contributed by atoms with Crippen LogP contribution < -0.4 is 11.1 Å². The van der Waals surface area contributed by atoms with Crippen LogP contribution in [-0.2, 0) is 4.74 Å². The van der Waals surface area contributed by atoms with Gasteiger partial charge in [-0.2, -0.15) is 0 Å². The van der Waals surface area contributed by atoms with Crippen LogP contribution in [0.5, 0.6) is 0 Å². The Morgan fingerprint density at radius 3 is 2.95 bits per heavy atom. The third-order valence-corrected chi connectivity index (χ3v) is 3.87. The molecule has 0 amide bonds. The first-order chi connectivity index (χ1) is 8.97. The lowest BCUT2D eigenvalue weighted by atomic mass is 10.0. The van der Waals surface area contributed by atoms with E-state index in [9.17, 15) is 4.79 Å². The van der Waals surface area contributed by atoms with Gasteiger partial charge in [0.2, 0.25) is 0 Å². The molecule has 1 fully saturated rings. The average Bonchev–Trinajstić information content (AvgIpc) is 2.32. The number of carbonyl (C=O) groups is 1. The van der Waals surface area contributed by atoms with Crippen molar-refractivity contribution in [3.63, 3.8) is 0 Å². The van der Waals surface area contributed by atoms with Crippen molar-refractivity contribution < 1.29 is 14.6 Å². The molecule has 1 aliphatic rings. The summed E-state index contributed by atoms with van der Waals surface area (Å²) in [5.41, 5.74) is 6.81. The van der Waals surface area contributed by atoms with Gasteiger partial charge < -0.3 is 20.9 Å². The number of halogens is 1. The molecule has 2 unspecified atom stereocenters. The van der Waals surface area contributed by atoms with Gasteiger partial charge in [-0.25, -0.2) is 4.79 Å². The topological polar surface area (TPSA) is 84.6 Å². The summed E-state index contributed by atoms with van der Waals surface area (Å²) in [4.78, 5) is 11.1.